The molecule has 1 aromatic heterocycles. The highest BCUT2D eigenvalue weighted by Gasteiger charge is 2.13. The Kier molecular flexibility index (Phi) is 18.3. The SMILES string of the molecule is CCC(C)COC(=O)c1ccc(OC(=O)c2ccc(-c3ccc(OCCCCCCCCCCCCOCc4cc(Br)sc4Br)cc3)cc2)cc1. The van der Waals surface area contributed by atoms with Gasteiger partial charge in [0.05, 0.1) is 38.5 Å². The summed E-state index contributed by atoms with van der Waals surface area (Å²) < 4.78 is 24.9. The summed E-state index contributed by atoms with van der Waals surface area (Å²) in [6.07, 6.45) is 13.4. The molecular formula is C42H50Br2O6S. The quantitative estimate of drug-likeness (QED) is 0.0421. The van der Waals surface area contributed by atoms with Crippen LogP contribution in [0.2, 0.25) is 0 Å². The maximum absolute atomic E-state index is 12.7. The highest BCUT2D eigenvalue weighted by Crippen LogP contribution is 2.32. The van der Waals surface area contributed by atoms with Crippen molar-refractivity contribution < 1.29 is 28.5 Å². The van der Waals surface area contributed by atoms with E-state index in [4.69, 9.17) is 18.9 Å². The molecule has 4 rings (SSSR count). The van der Waals surface area contributed by atoms with Crippen molar-refractivity contribution in [2.45, 2.75) is 91.1 Å². The number of carbonyl (C=O) groups excluding carboxylic acids is 2. The smallest absolute Gasteiger partial charge is 0.343 e. The van der Waals surface area contributed by atoms with E-state index in [1.807, 2.05) is 43.3 Å². The third-order valence-corrected chi connectivity index (χ3v) is 11.2. The highest BCUT2D eigenvalue weighted by molar-refractivity contribution is 9.12. The van der Waals surface area contributed by atoms with Gasteiger partial charge >= 0.3 is 11.9 Å². The lowest BCUT2D eigenvalue weighted by Crippen LogP contribution is -2.12. The number of benzene rings is 3. The van der Waals surface area contributed by atoms with Gasteiger partial charge in [0.2, 0.25) is 0 Å². The Bertz CT molecular complexity index is 1600. The van der Waals surface area contributed by atoms with E-state index in [1.54, 1.807) is 47.7 Å². The number of hydrogen-bond donors (Lipinski definition) is 0. The first-order valence-corrected chi connectivity index (χ1v) is 20.6. The van der Waals surface area contributed by atoms with Crippen LogP contribution in [-0.4, -0.2) is 31.8 Å². The first-order valence-electron chi connectivity index (χ1n) is 18.2. The third kappa shape index (κ3) is 14.9. The first kappa shape index (κ1) is 40.8. The fraction of sp³-hybridized carbons (Fsp3) is 0.429. The van der Waals surface area contributed by atoms with Crippen LogP contribution in [-0.2, 0) is 16.1 Å². The van der Waals surface area contributed by atoms with Gasteiger partial charge in [0.25, 0.3) is 0 Å². The minimum atomic E-state index is -0.460. The Morgan fingerprint density at radius 2 is 1.18 bits per heavy atom. The van der Waals surface area contributed by atoms with Crippen molar-refractivity contribution in [1.29, 1.82) is 0 Å². The maximum Gasteiger partial charge on any atom is 0.343 e. The summed E-state index contributed by atoms with van der Waals surface area (Å²) in [5.74, 6) is 0.704. The van der Waals surface area contributed by atoms with Crippen molar-refractivity contribution in [2.75, 3.05) is 19.8 Å². The van der Waals surface area contributed by atoms with E-state index in [2.05, 4.69) is 44.8 Å². The number of esters is 2. The summed E-state index contributed by atoms with van der Waals surface area (Å²) in [6, 6.07) is 23.9. The van der Waals surface area contributed by atoms with Crippen LogP contribution in [0.15, 0.2) is 86.4 Å². The molecule has 0 spiro atoms. The average Bonchev–Trinajstić information content (AvgIpc) is 3.48. The van der Waals surface area contributed by atoms with Gasteiger partial charge in [0, 0.05) is 12.2 Å². The zero-order chi connectivity index (χ0) is 36.3. The molecule has 0 fully saturated rings. The molecule has 4 aromatic rings. The molecule has 0 aliphatic carbocycles. The summed E-state index contributed by atoms with van der Waals surface area (Å²) in [6.45, 7) is 6.71. The van der Waals surface area contributed by atoms with Crippen LogP contribution >= 0.6 is 43.2 Å². The summed E-state index contributed by atoms with van der Waals surface area (Å²) in [7, 11) is 0. The Hall–Kier alpha value is -2.98. The molecule has 0 amide bonds. The van der Waals surface area contributed by atoms with Gasteiger partial charge in [-0.1, -0.05) is 95.9 Å². The standard InChI is InChI=1S/C42H50Br2O6S/c1-3-31(2)29-49-41(45)34-20-24-38(25-21-34)50-42(46)35-16-14-32(15-17-35)33-18-22-37(23-19-33)48-27-13-11-9-7-5-4-6-8-10-12-26-47-30-36-28-39(43)51-40(36)44/h14-25,28,31H,3-13,26-27,29-30H2,1-2H3. The first-order chi connectivity index (χ1) is 24.8. The highest BCUT2D eigenvalue weighted by atomic mass is 79.9. The van der Waals surface area contributed by atoms with E-state index < -0.39 is 5.97 Å². The second-order valence-corrected chi connectivity index (χ2v) is 16.7. The molecule has 0 saturated carbocycles. The molecule has 1 heterocycles. The molecular weight excluding hydrogens is 792 g/mol. The molecule has 0 N–H and O–H groups in total. The van der Waals surface area contributed by atoms with Crippen LogP contribution in [0, 0.1) is 5.92 Å². The molecule has 0 radical (unpaired) electrons. The molecule has 274 valence electrons. The largest absolute Gasteiger partial charge is 0.494 e. The monoisotopic (exact) mass is 840 g/mol. The summed E-state index contributed by atoms with van der Waals surface area (Å²) in [4.78, 5) is 24.9. The molecule has 1 atom stereocenters. The maximum atomic E-state index is 12.7. The van der Waals surface area contributed by atoms with Crippen molar-refractivity contribution in [3.8, 4) is 22.6 Å². The summed E-state index contributed by atoms with van der Waals surface area (Å²) in [5, 5.41) is 0. The fourth-order valence-electron chi connectivity index (χ4n) is 5.35. The molecule has 3 aromatic carbocycles. The van der Waals surface area contributed by atoms with Crippen LogP contribution in [0.25, 0.3) is 11.1 Å². The molecule has 9 heteroatoms. The predicted octanol–water partition coefficient (Wildman–Crippen LogP) is 12.9. The van der Waals surface area contributed by atoms with E-state index >= 15 is 0 Å². The Morgan fingerprint density at radius 3 is 1.75 bits per heavy atom. The van der Waals surface area contributed by atoms with Crippen LogP contribution < -0.4 is 9.47 Å². The van der Waals surface area contributed by atoms with Crippen LogP contribution in [0.5, 0.6) is 11.5 Å². The van der Waals surface area contributed by atoms with E-state index in [0.717, 1.165) is 56.9 Å². The summed E-state index contributed by atoms with van der Waals surface area (Å²) in [5.41, 5.74) is 4.13. The van der Waals surface area contributed by atoms with Crippen molar-refractivity contribution in [3.63, 3.8) is 0 Å². The normalized spacial score (nSPS) is 11.7. The van der Waals surface area contributed by atoms with Gasteiger partial charge in [-0.2, -0.15) is 0 Å². The third-order valence-electron chi connectivity index (χ3n) is 8.74. The number of rotatable bonds is 23. The number of thiophene rings is 1. The lowest BCUT2D eigenvalue weighted by molar-refractivity contribution is 0.0447. The Morgan fingerprint density at radius 1 is 0.667 bits per heavy atom. The molecule has 51 heavy (non-hydrogen) atoms. The molecule has 0 aliphatic rings. The van der Waals surface area contributed by atoms with Crippen molar-refractivity contribution in [1.82, 2.24) is 0 Å². The van der Waals surface area contributed by atoms with Gasteiger partial charge in [-0.15, -0.1) is 11.3 Å². The van der Waals surface area contributed by atoms with Crippen molar-refractivity contribution in [3.05, 3.63) is 103 Å². The van der Waals surface area contributed by atoms with Crippen LogP contribution in [0.1, 0.15) is 111 Å². The van der Waals surface area contributed by atoms with Gasteiger partial charge < -0.3 is 18.9 Å². The zero-order valence-corrected chi connectivity index (χ0v) is 33.8. The fourth-order valence-corrected chi connectivity index (χ4v) is 8.14. The van der Waals surface area contributed by atoms with Gasteiger partial charge in [0.1, 0.15) is 11.5 Å². The topological polar surface area (TPSA) is 71.1 Å². The van der Waals surface area contributed by atoms with Crippen LogP contribution in [0.4, 0.5) is 0 Å². The number of ether oxygens (including phenoxy) is 4. The van der Waals surface area contributed by atoms with E-state index in [0.29, 0.717) is 36.0 Å². The minimum Gasteiger partial charge on any atom is -0.494 e. The van der Waals surface area contributed by atoms with E-state index in [9.17, 15) is 9.59 Å². The molecule has 6 nitrogen and oxygen atoms in total. The lowest BCUT2D eigenvalue weighted by atomic mass is 10.0. The van der Waals surface area contributed by atoms with Gasteiger partial charge in [-0.25, -0.2) is 9.59 Å². The number of unbranched alkanes of at least 4 members (excludes halogenated alkanes) is 9. The van der Waals surface area contributed by atoms with Crippen molar-refractivity contribution >= 4 is 55.1 Å². The lowest BCUT2D eigenvalue weighted by Gasteiger charge is -2.10. The Labute approximate surface area is 324 Å². The van der Waals surface area contributed by atoms with Gasteiger partial charge in [-0.05, 0) is 116 Å². The molecule has 1 unspecified atom stereocenters. The molecule has 0 bridgehead atoms. The number of halogens is 2. The Balaban J connectivity index is 1.02. The molecule has 0 saturated heterocycles. The predicted molar refractivity (Wildman–Crippen MR) is 214 cm³/mol. The van der Waals surface area contributed by atoms with Gasteiger partial charge in [-0.3, -0.25) is 0 Å². The summed E-state index contributed by atoms with van der Waals surface area (Å²) >= 11 is 8.78. The second-order valence-electron chi connectivity index (χ2n) is 12.9. The van der Waals surface area contributed by atoms with Crippen LogP contribution in [0.3, 0.4) is 0 Å². The molecule has 0 aliphatic heterocycles. The van der Waals surface area contributed by atoms with E-state index in [1.165, 1.54) is 56.9 Å². The second kappa shape index (κ2) is 22.8. The van der Waals surface area contributed by atoms with E-state index in [-0.39, 0.29) is 5.97 Å². The zero-order valence-electron chi connectivity index (χ0n) is 29.8. The number of hydrogen-bond acceptors (Lipinski definition) is 7. The number of carbonyl (C=O) groups is 2. The van der Waals surface area contributed by atoms with Gasteiger partial charge in [0.15, 0.2) is 0 Å². The van der Waals surface area contributed by atoms with Crippen molar-refractivity contribution in [2.24, 2.45) is 5.92 Å². The minimum absolute atomic E-state index is 0.312. The average molecular weight is 843 g/mol.